The molecular weight excluding hydrogens is 419 g/mol. The summed E-state index contributed by atoms with van der Waals surface area (Å²) in [6.45, 7) is -0.170. The van der Waals surface area contributed by atoms with Crippen molar-refractivity contribution in [2.45, 2.75) is 0 Å². The van der Waals surface area contributed by atoms with Crippen LogP contribution in [0.4, 0.5) is 5.69 Å². The van der Waals surface area contributed by atoms with E-state index in [1.54, 1.807) is 24.3 Å². The van der Waals surface area contributed by atoms with E-state index < -0.39 is 0 Å². The van der Waals surface area contributed by atoms with Crippen molar-refractivity contribution in [2.75, 3.05) is 11.9 Å². The van der Waals surface area contributed by atoms with Crippen LogP contribution in [-0.2, 0) is 9.59 Å². The molecule has 0 saturated carbocycles. The Kier molecular flexibility index (Phi) is 5.81. The third kappa shape index (κ3) is 4.62. The molecule has 1 N–H and O–H groups in total. The monoisotopic (exact) mass is 428 g/mol. The van der Waals surface area contributed by atoms with Gasteiger partial charge >= 0.3 is 0 Å². The molecule has 128 valence electrons. The minimum atomic E-state index is -0.382. The minimum absolute atomic E-state index is 0.170. The Balaban J connectivity index is 1.68. The molecular formula is C16H10Cl2N2O2S3. The van der Waals surface area contributed by atoms with E-state index in [4.69, 9.17) is 35.4 Å². The number of thiocarbonyl (C=S) groups is 1. The highest BCUT2D eigenvalue weighted by molar-refractivity contribution is 8.26. The number of rotatable bonds is 4. The van der Waals surface area contributed by atoms with Gasteiger partial charge < -0.3 is 5.32 Å². The van der Waals surface area contributed by atoms with Crippen LogP contribution in [0.5, 0.6) is 0 Å². The van der Waals surface area contributed by atoms with E-state index in [1.165, 1.54) is 28.0 Å². The number of hydrogen-bond acceptors (Lipinski definition) is 5. The number of nitrogens with one attached hydrogen (secondary N) is 1. The smallest absolute Gasteiger partial charge is 0.266 e. The van der Waals surface area contributed by atoms with Crippen LogP contribution in [0.1, 0.15) is 4.88 Å². The zero-order valence-electron chi connectivity index (χ0n) is 12.5. The van der Waals surface area contributed by atoms with Crippen molar-refractivity contribution in [3.05, 3.63) is 55.5 Å². The number of thiophene rings is 1. The lowest BCUT2D eigenvalue weighted by Gasteiger charge is -2.14. The molecule has 1 saturated heterocycles. The fourth-order valence-electron chi connectivity index (χ4n) is 2.11. The first-order chi connectivity index (χ1) is 11.9. The highest BCUT2D eigenvalue weighted by Gasteiger charge is 2.33. The molecule has 25 heavy (non-hydrogen) atoms. The Morgan fingerprint density at radius 1 is 1.28 bits per heavy atom. The van der Waals surface area contributed by atoms with Crippen molar-refractivity contribution >= 4 is 86.4 Å². The van der Waals surface area contributed by atoms with Crippen molar-refractivity contribution < 1.29 is 9.59 Å². The Hall–Kier alpha value is -1.38. The van der Waals surface area contributed by atoms with Gasteiger partial charge in [0.15, 0.2) is 0 Å². The summed E-state index contributed by atoms with van der Waals surface area (Å²) in [6, 6.07) is 8.53. The zero-order valence-corrected chi connectivity index (χ0v) is 16.5. The van der Waals surface area contributed by atoms with Gasteiger partial charge in [-0.25, -0.2) is 0 Å². The maximum absolute atomic E-state index is 12.5. The molecule has 1 aromatic carbocycles. The Morgan fingerprint density at radius 2 is 2.00 bits per heavy atom. The fourth-order valence-corrected chi connectivity index (χ4v) is 4.61. The molecule has 0 unspecified atom stereocenters. The van der Waals surface area contributed by atoms with Gasteiger partial charge in [-0.2, -0.15) is 0 Å². The summed E-state index contributed by atoms with van der Waals surface area (Å²) in [5.41, 5.74) is 0.460. The molecule has 9 heteroatoms. The van der Waals surface area contributed by atoms with Gasteiger partial charge in [0.05, 0.1) is 4.91 Å². The number of hydrogen-bond donors (Lipinski definition) is 1. The van der Waals surface area contributed by atoms with Crippen LogP contribution < -0.4 is 5.32 Å². The van der Waals surface area contributed by atoms with Crippen LogP contribution in [0.2, 0.25) is 10.0 Å². The molecule has 2 heterocycles. The molecule has 0 spiro atoms. The summed E-state index contributed by atoms with van der Waals surface area (Å²) in [5, 5.41) is 5.41. The highest BCUT2D eigenvalue weighted by atomic mass is 35.5. The van der Waals surface area contributed by atoms with Crippen LogP contribution in [0.15, 0.2) is 40.6 Å². The maximum atomic E-state index is 12.5. The van der Waals surface area contributed by atoms with Gasteiger partial charge in [-0.05, 0) is 35.7 Å². The Labute approximate surface area is 167 Å². The molecule has 1 aliphatic rings. The molecule has 4 nitrogen and oxygen atoms in total. The predicted molar refractivity (Wildman–Crippen MR) is 109 cm³/mol. The quantitative estimate of drug-likeness (QED) is 0.555. The van der Waals surface area contributed by atoms with Crippen molar-refractivity contribution in [3.8, 4) is 0 Å². The first-order valence-corrected chi connectivity index (χ1v) is 9.83. The molecule has 1 fully saturated rings. The number of benzene rings is 1. The van der Waals surface area contributed by atoms with Crippen LogP contribution in [-0.4, -0.2) is 27.6 Å². The highest BCUT2D eigenvalue weighted by Crippen LogP contribution is 2.33. The maximum Gasteiger partial charge on any atom is 0.266 e. The average molecular weight is 429 g/mol. The summed E-state index contributed by atoms with van der Waals surface area (Å²) < 4.78 is 0.354. The number of anilines is 1. The molecule has 0 radical (unpaired) electrons. The molecule has 2 amide bonds. The van der Waals surface area contributed by atoms with Gasteiger partial charge in [-0.15, -0.1) is 11.3 Å². The van der Waals surface area contributed by atoms with Crippen LogP contribution >= 0.6 is 58.5 Å². The third-order valence-electron chi connectivity index (χ3n) is 3.14. The number of carbonyl (C=O) groups excluding carboxylic acids is 2. The lowest BCUT2D eigenvalue weighted by molar-refractivity contribution is -0.126. The molecule has 0 aliphatic carbocycles. The van der Waals surface area contributed by atoms with E-state index in [-0.39, 0.29) is 18.4 Å². The molecule has 0 bridgehead atoms. The summed E-state index contributed by atoms with van der Waals surface area (Å²) in [4.78, 5) is 27.4. The van der Waals surface area contributed by atoms with Gasteiger partial charge in [0.2, 0.25) is 5.91 Å². The van der Waals surface area contributed by atoms with E-state index in [9.17, 15) is 9.59 Å². The van der Waals surface area contributed by atoms with Crippen molar-refractivity contribution in [1.29, 1.82) is 0 Å². The van der Waals surface area contributed by atoms with E-state index in [2.05, 4.69) is 5.32 Å². The number of halogens is 2. The lowest BCUT2D eigenvalue weighted by Crippen LogP contribution is -2.36. The van der Waals surface area contributed by atoms with E-state index in [0.29, 0.717) is 25.0 Å². The molecule has 1 aliphatic heterocycles. The first-order valence-electron chi connectivity index (χ1n) is 6.97. The molecule has 0 atom stereocenters. The average Bonchev–Trinajstić information content (AvgIpc) is 3.11. The summed E-state index contributed by atoms with van der Waals surface area (Å²) in [6.07, 6.45) is 1.78. The standard InChI is InChI=1S/C16H10Cl2N2O2S3/c17-9-4-10(18)6-11(5-9)19-14(21)8-20-15(22)13(25-16(20)23)7-12-2-1-3-24-12/h1-7H,8H2,(H,19,21)/b13-7-. The van der Waals surface area contributed by atoms with Gasteiger partial charge in [0, 0.05) is 20.6 Å². The van der Waals surface area contributed by atoms with Gasteiger partial charge in [0.25, 0.3) is 5.91 Å². The molecule has 2 aromatic rings. The topological polar surface area (TPSA) is 49.4 Å². The van der Waals surface area contributed by atoms with Gasteiger partial charge in [-0.1, -0.05) is 53.2 Å². The lowest BCUT2D eigenvalue weighted by atomic mass is 10.3. The SMILES string of the molecule is O=C(CN1C(=O)/C(=C/c2cccs2)SC1=S)Nc1cc(Cl)cc(Cl)c1. The minimum Gasteiger partial charge on any atom is -0.324 e. The van der Waals surface area contributed by atoms with Crippen LogP contribution in [0.25, 0.3) is 6.08 Å². The number of carbonyl (C=O) groups is 2. The van der Waals surface area contributed by atoms with Crippen molar-refractivity contribution in [2.24, 2.45) is 0 Å². The molecule has 1 aromatic heterocycles. The van der Waals surface area contributed by atoms with E-state index >= 15 is 0 Å². The Bertz CT molecular complexity index is 861. The summed E-state index contributed by atoms with van der Waals surface area (Å²) in [5.74, 6) is -0.658. The fraction of sp³-hybridized carbons (Fsp3) is 0.0625. The van der Waals surface area contributed by atoms with Crippen LogP contribution in [0, 0.1) is 0 Å². The van der Waals surface area contributed by atoms with E-state index in [0.717, 1.165) is 4.88 Å². The molecule has 3 rings (SSSR count). The number of nitrogens with zero attached hydrogens (tertiary/aromatic N) is 1. The summed E-state index contributed by atoms with van der Waals surface area (Å²) >= 11 is 19.7. The first kappa shape index (κ1) is 18.4. The normalized spacial score (nSPS) is 15.9. The second-order valence-electron chi connectivity index (χ2n) is 4.99. The van der Waals surface area contributed by atoms with E-state index in [1.807, 2.05) is 17.5 Å². The van der Waals surface area contributed by atoms with Gasteiger partial charge in [-0.3, -0.25) is 14.5 Å². The zero-order chi connectivity index (χ0) is 18.0. The Morgan fingerprint density at radius 3 is 2.64 bits per heavy atom. The van der Waals surface area contributed by atoms with Crippen molar-refractivity contribution in [3.63, 3.8) is 0 Å². The largest absolute Gasteiger partial charge is 0.324 e. The second kappa shape index (κ2) is 7.88. The van der Waals surface area contributed by atoms with Crippen LogP contribution in [0.3, 0.4) is 0 Å². The third-order valence-corrected chi connectivity index (χ3v) is 5.77. The number of thioether (sulfide) groups is 1. The predicted octanol–water partition coefficient (Wildman–Crippen LogP) is 4.89. The summed E-state index contributed by atoms with van der Waals surface area (Å²) in [7, 11) is 0. The number of amides is 2. The van der Waals surface area contributed by atoms with Gasteiger partial charge in [0.1, 0.15) is 10.9 Å². The van der Waals surface area contributed by atoms with Crippen molar-refractivity contribution in [1.82, 2.24) is 4.90 Å². The second-order valence-corrected chi connectivity index (χ2v) is 8.52.